The van der Waals surface area contributed by atoms with E-state index in [2.05, 4.69) is 13.8 Å². The third kappa shape index (κ3) is 27.4. The summed E-state index contributed by atoms with van der Waals surface area (Å²) in [5, 5.41) is -2.57. The predicted molar refractivity (Wildman–Crippen MR) is 163 cm³/mol. The number of alkyl halides is 1. The number of rotatable bonds is 31. The van der Waals surface area contributed by atoms with Crippen molar-refractivity contribution < 1.29 is 46.9 Å². The molecule has 0 aromatic heterocycles. The Labute approximate surface area is 267 Å². The quantitative estimate of drug-likeness (QED) is 0.0464. The van der Waals surface area contributed by atoms with Crippen LogP contribution in [0.5, 0.6) is 0 Å². The smallest absolute Gasteiger partial charge is 0.745 e. The molecule has 0 spiro atoms. The first-order chi connectivity index (χ1) is 18.4. The van der Waals surface area contributed by atoms with E-state index in [9.17, 15) is 13.0 Å². The van der Waals surface area contributed by atoms with Crippen molar-refractivity contribution in [1.29, 1.82) is 0 Å². The Morgan fingerprint density at radius 3 is 0.795 bits per heavy atom. The SMILES string of the molecule is CCCCCCCCCCCCCCCCCCCCCC(F)(CCCCCCCCCCC)S(=O)(=O)[O-].[Na+]. The molecule has 0 rings (SSSR count). The van der Waals surface area contributed by atoms with Gasteiger partial charge in [0.2, 0.25) is 0 Å². The number of halogens is 1. The van der Waals surface area contributed by atoms with E-state index in [1.165, 1.54) is 128 Å². The molecular weight excluding hydrogens is 518 g/mol. The molecule has 1 unspecified atom stereocenters. The predicted octanol–water partition coefficient (Wildman–Crippen LogP) is 8.94. The normalized spacial score (nSPS) is 13.3. The van der Waals surface area contributed by atoms with Gasteiger partial charge in [-0.3, -0.25) is 0 Å². The van der Waals surface area contributed by atoms with Crippen LogP contribution in [0.4, 0.5) is 4.39 Å². The van der Waals surface area contributed by atoms with Crippen molar-refractivity contribution in [1.82, 2.24) is 0 Å². The molecule has 0 N–H and O–H groups in total. The number of hydrogen-bond donors (Lipinski definition) is 0. The minimum absolute atomic E-state index is 0. The summed E-state index contributed by atoms with van der Waals surface area (Å²) in [4.78, 5) is 0. The Morgan fingerprint density at radius 1 is 0.436 bits per heavy atom. The maximum Gasteiger partial charge on any atom is 1.00 e. The van der Waals surface area contributed by atoms with E-state index in [0.29, 0.717) is 12.8 Å². The topological polar surface area (TPSA) is 57.2 Å². The fourth-order valence-corrected chi connectivity index (χ4v) is 6.33. The fraction of sp³-hybridized carbons (Fsp3) is 1.00. The maximum atomic E-state index is 15.0. The summed E-state index contributed by atoms with van der Waals surface area (Å²) < 4.78 is 49.9. The average Bonchev–Trinajstić information content (AvgIpc) is 2.88. The Bertz CT molecular complexity index is 587. The zero-order chi connectivity index (χ0) is 28.2. The summed E-state index contributed by atoms with van der Waals surface area (Å²) in [6, 6.07) is 0. The minimum Gasteiger partial charge on any atom is -0.745 e. The Morgan fingerprint density at radius 2 is 0.615 bits per heavy atom. The van der Waals surface area contributed by atoms with Crippen LogP contribution in [0.2, 0.25) is 0 Å². The van der Waals surface area contributed by atoms with Crippen molar-refractivity contribution in [2.45, 2.75) is 211 Å². The van der Waals surface area contributed by atoms with Crippen LogP contribution in [0, 0.1) is 0 Å². The molecule has 0 aliphatic carbocycles. The van der Waals surface area contributed by atoms with E-state index in [1.807, 2.05) is 0 Å². The van der Waals surface area contributed by atoms with Gasteiger partial charge in [-0.15, -0.1) is 0 Å². The van der Waals surface area contributed by atoms with Gasteiger partial charge in [0, 0.05) is 0 Å². The van der Waals surface area contributed by atoms with Crippen LogP contribution < -0.4 is 29.6 Å². The summed E-state index contributed by atoms with van der Waals surface area (Å²) in [5.41, 5.74) is 0. The van der Waals surface area contributed by atoms with Crippen molar-refractivity contribution in [2.75, 3.05) is 0 Å². The first kappa shape index (κ1) is 42.0. The van der Waals surface area contributed by atoms with Gasteiger partial charge >= 0.3 is 29.6 Å². The first-order valence-corrected chi connectivity index (χ1v) is 18.4. The molecule has 1 atom stereocenters. The van der Waals surface area contributed by atoms with Gasteiger partial charge in [0.25, 0.3) is 0 Å². The van der Waals surface area contributed by atoms with Gasteiger partial charge in [0.05, 0.1) is 0 Å². The zero-order valence-electron chi connectivity index (χ0n) is 26.7. The monoisotopic (exact) mass is 584 g/mol. The molecule has 6 heteroatoms. The van der Waals surface area contributed by atoms with Crippen LogP contribution in [-0.2, 0) is 10.1 Å². The first-order valence-electron chi connectivity index (χ1n) is 17.0. The Kier molecular flexibility index (Phi) is 32.6. The number of hydrogen-bond acceptors (Lipinski definition) is 3. The molecule has 0 aliphatic heterocycles. The van der Waals surface area contributed by atoms with Crippen LogP contribution >= 0.6 is 0 Å². The summed E-state index contributed by atoms with van der Waals surface area (Å²) >= 11 is 0. The third-order valence-electron chi connectivity index (χ3n) is 8.26. The molecule has 39 heavy (non-hydrogen) atoms. The molecule has 230 valence electrons. The van der Waals surface area contributed by atoms with E-state index in [0.717, 1.165) is 38.5 Å². The fourth-order valence-electron chi connectivity index (χ4n) is 5.54. The van der Waals surface area contributed by atoms with E-state index in [-0.39, 0.29) is 42.4 Å². The summed E-state index contributed by atoms with van der Waals surface area (Å²) in [6.45, 7) is 4.48. The van der Waals surface area contributed by atoms with Crippen molar-refractivity contribution in [3.8, 4) is 0 Å². The molecule has 0 heterocycles. The van der Waals surface area contributed by atoms with E-state index >= 15 is 4.39 Å². The van der Waals surface area contributed by atoms with E-state index < -0.39 is 15.1 Å². The standard InChI is InChI=1S/C33H67FO3S.Na/c1-3-5-7-9-11-13-14-15-16-17-18-19-20-21-22-24-26-28-30-32-33(34,38(35,36)37)31-29-27-25-23-12-10-8-6-4-2;/h3-32H2,1-2H3,(H,35,36,37);/q;+1/p-1. The molecule has 0 amide bonds. The minimum atomic E-state index is -4.91. The van der Waals surface area contributed by atoms with Gasteiger partial charge in [-0.25, -0.2) is 12.8 Å². The molecule has 0 saturated carbocycles. The van der Waals surface area contributed by atoms with Gasteiger partial charge in [0.15, 0.2) is 5.00 Å². The Hall–Kier alpha value is 0.840. The molecular formula is C33H66FNaO3S. The van der Waals surface area contributed by atoms with Gasteiger partial charge < -0.3 is 4.55 Å². The van der Waals surface area contributed by atoms with Crippen LogP contribution in [0.25, 0.3) is 0 Å². The van der Waals surface area contributed by atoms with Crippen molar-refractivity contribution in [3.63, 3.8) is 0 Å². The van der Waals surface area contributed by atoms with Gasteiger partial charge in [-0.05, 0) is 25.7 Å². The molecule has 0 radical (unpaired) electrons. The second-order valence-electron chi connectivity index (χ2n) is 12.0. The summed E-state index contributed by atoms with van der Waals surface area (Å²) in [7, 11) is -4.91. The molecule has 0 aromatic carbocycles. The molecule has 0 fully saturated rings. The van der Waals surface area contributed by atoms with Crippen molar-refractivity contribution in [2.24, 2.45) is 0 Å². The van der Waals surface area contributed by atoms with Crippen LogP contribution in [0.15, 0.2) is 0 Å². The van der Waals surface area contributed by atoms with Gasteiger partial charge in [-0.1, -0.05) is 181 Å². The Balaban J connectivity index is 0. The van der Waals surface area contributed by atoms with E-state index in [4.69, 9.17) is 0 Å². The van der Waals surface area contributed by atoms with Gasteiger partial charge in [-0.2, -0.15) is 0 Å². The van der Waals surface area contributed by atoms with Crippen molar-refractivity contribution >= 4 is 10.1 Å². The molecule has 0 bridgehead atoms. The second-order valence-corrected chi connectivity index (χ2v) is 13.7. The average molecular weight is 585 g/mol. The van der Waals surface area contributed by atoms with Crippen LogP contribution in [0.3, 0.4) is 0 Å². The van der Waals surface area contributed by atoms with E-state index in [1.54, 1.807) is 0 Å². The van der Waals surface area contributed by atoms with Crippen molar-refractivity contribution in [3.05, 3.63) is 0 Å². The molecule has 0 saturated heterocycles. The van der Waals surface area contributed by atoms with Crippen LogP contribution in [-0.4, -0.2) is 18.0 Å². The molecule has 0 aromatic rings. The summed E-state index contributed by atoms with van der Waals surface area (Å²) in [5.74, 6) is 0. The largest absolute Gasteiger partial charge is 1.00 e. The molecule has 0 aliphatic rings. The molecule has 3 nitrogen and oxygen atoms in total. The third-order valence-corrected chi connectivity index (χ3v) is 9.56. The summed E-state index contributed by atoms with van der Waals surface area (Å²) in [6.07, 6.45) is 33.3. The maximum absolute atomic E-state index is 15.0. The second kappa shape index (κ2) is 30.3. The zero-order valence-corrected chi connectivity index (χ0v) is 29.5. The number of unbranched alkanes of at least 4 members (excludes halogenated alkanes) is 26. The van der Waals surface area contributed by atoms with Crippen LogP contribution in [0.1, 0.15) is 206 Å². The van der Waals surface area contributed by atoms with Gasteiger partial charge in [0.1, 0.15) is 10.1 Å².